The summed E-state index contributed by atoms with van der Waals surface area (Å²) >= 11 is 0. The second-order valence-electron chi connectivity index (χ2n) is 10.5. The van der Waals surface area contributed by atoms with Gasteiger partial charge in [0.2, 0.25) is 0 Å². The van der Waals surface area contributed by atoms with Gasteiger partial charge in [-0.05, 0) is 94.8 Å². The Balaban J connectivity index is 1.68. The van der Waals surface area contributed by atoms with Crippen LogP contribution in [0, 0.1) is 17.0 Å². The quantitative estimate of drug-likeness (QED) is 0.292. The molecule has 1 N–H and O–H groups in total. The van der Waals surface area contributed by atoms with Crippen molar-refractivity contribution in [1.82, 2.24) is 0 Å². The number of aliphatic carboxylic acids is 1. The van der Waals surface area contributed by atoms with Crippen LogP contribution in [0.1, 0.15) is 69.1 Å². The van der Waals surface area contributed by atoms with E-state index in [0.717, 1.165) is 35.1 Å². The minimum Gasteiger partial charge on any atom is -0.497 e. The Labute approximate surface area is 222 Å². The Hall–Kier alpha value is -3.67. The number of carboxylic acid groups (broad SMARTS) is 1. The number of rotatable bonds is 10. The summed E-state index contributed by atoms with van der Waals surface area (Å²) < 4.78 is 40.7. The van der Waals surface area contributed by atoms with Gasteiger partial charge in [0.25, 0.3) is 0 Å². The first kappa shape index (κ1) is 27.4. The predicted octanol–water partition coefficient (Wildman–Crippen LogP) is 8.39. The summed E-state index contributed by atoms with van der Waals surface area (Å²) in [4.78, 5) is 11.2. The van der Waals surface area contributed by atoms with Crippen LogP contribution in [-0.2, 0) is 11.4 Å². The molecule has 0 fully saturated rings. The SMILES string of the molecule is CC[C@@H](CC(=O)O)c1cc(F)cc(OCc2ccc(-c3cc(OC)ccc3F)c(C3=CCCC3(C)C)c2)c1. The molecule has 0 radical (unpaired) electrons. The van der Waals surface area contributed by atoms with Crippen LogP contribution in [0.2, 0.25) is 0 Å². The van der Waals surface area contributed by atoms with Gasteiger partial charge in [0.1, 0.15) is 29.7 Å². The normalized spacial score (nSPS) is 15.2. The highest BCUT2D eigenvalue weighted by Crippen LogP contribution is 2.47. The van der Waals surface area contributed by atoms with Gasteiger partial charge in [0.05, 0.1) is 13.5 Å². The number of hydrogen-bond acceptors (Lipinski definition) is 3. The van der Waals surface area contributed by atoms with E-state index in [9.17, 15) is 18.7 Å². The van der Waals surface area contributed by atoms with Gasteiger partial charge < -0.3 is 14.6 Å². The van der Waals surface area contributed by atoms with Crippen LogP contribution < -0.4 is 9.47 Å². The van der Waals surface area contributed by atoms with E-state index in [1.165, 1.54) is 18.2 Å². The molecule has 0 spiro atoms. The number of hydrogen-bond donors (Lipinski definition) is 1. The molecule has 3 aromatic rings. The zero-order chi connectivity index (χ0) is 27.4. The Morgan fingerprint density at radius 1 is 1.00 bits per heavy atom. The average Bonchev–Trinajstić information content (AvgIpc) is 3.24. The lowest BCUT2D eigenvalue weighted by atomic mass is 9.79. The molecule has 200 valence electrons. The first-order valence-corrected chi connectivity index (χ1v) is 12.9. The predicted molar refractivity (Wildman–Crippen MR) is 145 cm³/mol. The summed E-state index contributed by atoms with van der Waals surface area (Å²) in [5, 5.41) is 9.21. The Kier molecular flexibility index (Phi) is 8.20. The molecule has 0 heterocycles. The maximum Gasteiger partial charge on any atom is 0.303 e. The van der Waals surface area contributed by atoms with Gasteiger partial charge in [-0.25, -0.2) is 8.78 Å². The molecule has 3 aromatic carbocycles. The number of ether oxygens (including phenoxy) is 2. The maximum atomic E-state index is 15.0. The molecule has 0 amide bonds. The van der Waals surface area contributed by atoms with Crippen LogP contribution in [0.3, 0.4) is 0 Å². The molecule has 0 aliphatic heterocycles. The maximum absolute atomic E-state index is 15.0. The average molecular weight is 521 g/mol. The van der Waals surface area contributed by atoms with E-state index in [-0.39, 0.29) is 30.2 Å². The highest BCUT2D eigenvalue weighted by Gasteiger charge is 2.30. The summed E-state index contributed by atoms with van der Waals surface area (Å²) in [6, 6.07) is 14.9. The van der Waals surface area contributed by atoms with Crippen LogP contribution in [0.15, 0.2) is 60.7 Å². The van der Waals surface area contributed by atoms with Crippen molar-refractivity contribution in [3.8, 4) is 22.6 Å². The minimum absolute atomic E-state index is 0.0691. The summed E-state index contributed by atoms with van der Waals surface area (Å²) in [6.45, 7) is 6.44. The Morgan fingerprint density at radius 2 is 1.79 bits per heavy atom. The van der Waals surface area contributed by atoms with Crippen molar-refractivity contribution in [2.75, 3.05) is 7.11 Å². The molecule has 1 aliphatic rings. The second-order valence-corrected chi connectivity index (χ2v) is 10.5. The number of carboxylic acids is 1. The van der Waals surface area contributed by atoms with E-state index in [2.05, 4.69) is 19.9 Å². The fourth-order valence-corrected chi connectivity index (χ4v) is 5.22. The van der Waals surface area contributed by atoms with Crippen molar-refractivity contribution in [2.24, 2.45) is 5.41 Å². The fourth-order valence-electron chi connectivity index (χ4n) is 5.22. The lowest BCUT2D eigenvalue weighted by Crippen LogP contribution is -2.10. The summed E-state index contributed by atoms with van der Waals surface area (Å²) in [6.07, 6.45) is 4.67. The van der Waals surface area contributed by atoms with E-state index >= 15 is 0 Å². The van der Waals surface area contributed by atoms with Gasteiger partial charge in [0, 0.05) is 11.6 Å². The standard InChI is InChI=1S/C32H34F2O4/c1-5-21(16-31(35)36)22-14-23(33)17-25(15-22)38-19-20-8-10-26(28-18-24(37-4)9-11-30(28)34)27(13-20)29-7-6-12-32(29,2)3/h7-11,13-15,17-18,21H,5-6,12,16,19H2,1-4H3,(H,35,36)/t21-/m0/s1. The van der Waals surface area contributed by atoms with Crippen molar-refractivity contribution < 1.29 is 28.2 Å². The topological polar surface area (TPSA) is 55.8 Å². The van der Waals surface area contributed by atoms with Crippen LogP contribution in [0.5, 0.6) is 11.5 Å². The lowest BCUT2D eigenvalue weighted by Gasteiger charge is -2.25. The van der Waals surface area contributed by atoms with Crippen LogP contribution >= 0.6 is 0 Å². The van der Waals surface area contributed by atoms with E-state index < -0.39 is 11.8 Å². The summed E-state index contributed by atoms with van der Waals surface area (Å²) in [5.74, 6) is -1.10. The summed E-state index contributed by atoms with van der Waals surface area (Å²) in [7, 11) is 1.56. The van der Waals surface area contributed by atoms with Gasteiger partial charge in [-0.3, -0.25) is 4.79 Å². The number of halogens is 2. The first-order chi connectivity index (χ1) is 18.1. The van der Waals surface area contributed by atoms with Gasteiger partial charge in [-0.15, -0.1) is 0 Å². The van der Waals surface area contributed by atoms with Crippen molar-refractivity contribution in [3.05, 3.63) is 89.0 Å². The van der Waals surface area contributed by atoms with Crippen LogP contribution in [0.25, 0.3) is 16.7 Å². The molecule has 0 bridgehead atoms. The van der Waals surface area contributed by atoms with Crippen LogP contribution in [0.4, 0.5) is 8.78 Å². The van der Waals surface area contributed by atoms with Gasteiger partial charge in [-0.1, -0.05) is 39.0 Å². The summed E-state index contributed by atoms with van der Waals surface area (Å²) in [5.41, 5.74) is 4.73. The molecular weight excluding hydrogens is 486 g/mol. The van der Waals surface area contributed by atoms with E-state index in [4.69, 9.17) is 9.47 Å². The molecule has 0 unspecified atom stereocenters. The molecule has 4 rings (SSSR count). The van der Waals surface area contributed by atoms with E-state index in [1.54, 1.807) is 25.3 Å². The third kappa shape index (κ3) is 6.07. The lowest BCUT2D eigenvalue weighted by molar-refractivity contribution is -0.137. The number of methoxy groups -OCH3 is 1. The number of benzene rings is 3. The van der Waals surface area contributed by atoms with E-state index in [0.29, 0.717) is 29.0 Å². The van der Waals surface area contributed by atoms with Crippen molar-refractivity contribution in [3.63, 3.8) is 0 Å². The third-order valence-electron chi connectivity index (χ3n) is 7.37. The van der Waals surface area contributed by atoms with Gasteiger partial charge in [-0.2, -0.15) is 0 Å². The molecule has 6 heteroatoms. The van der Waals surface area contributed by atoms with Gasteiger partial charge in [0.15, 0.2) is 0 Å². The van der Waals surface area contributed by atoms with Crippen LogP contribution in [-0.4, -0.2) is 18.2 Å². The Bertz CT molecular complexity index is 1360. The fraction of sp³-hybridized carbons (Fsp3) is 0.344. The van der Waals surface area contributed by atoms with E-state index in [1.807, 2.05) is 25.1 Å². The highest BCUT2D eigenvalue weighted by molar-refractivity contribution is 5.85. The van der Waals surface area contributed by atoms with Crippen molar-refractivity contribution in [1.29, 1.82) is 0 Å². The number of carbonyl (C=O) groups is 1. The zero-order valence-electron chi connectivity index (χ0n) is 22.3. The van der Waals surface area contributed by atoms with Gasteiger partial charge >= 0.3 is 5.97 Å². The minimum atomic E-state index is -0.923. The van der Waals surface area contributed by atoms with Crippen molar-refractivity contribution >= 4 is 11.5 Å². The highest BCUT2D eigenvalue weighted by atomic mass is 19.1. The first-order valence-electron chi connectivity index (χ1n) is 12.9. The second kappa shape index (κ2) is 11.4. The molecule has 0 saturated heterocycles. The molecular formula is C32H34F2O4. The molecule has 0 saturated carbocycles. The monoisotopic (exact) mass is 520 g/mol. The molecule has 4 nitrogen and oxygen atoms in total. The largest absolute Gasteiger partial charge is 0.497 e. The number of allylic oxidation sites excluding steroid dienone is 2. The molecule has 1 atom stereocenters. The van der Waals surface area contributed by atoms with Crippen molar-refractivity contribution in [2.45, 2.75) is 59.0 Å². The smallest absolute Gasteiger partial charge is 0.303 e. The Morgan fingerprint density at radius 3 is 2.45 bits per heavy atom. The molecule has 38 heavy (non-hydrogen) atoms. The zero-order valence-corrected chi connectivity index (χ0v) is 22.3. The molecule has 1 aliphatic carbocycles. The third-order valence-corrected chi connectivity index (χ3v) is 7.37. The molecule has 0 aromatic heterocycles.